The average Bonchev–Trinajstić information content (AvgIpc) is 2.17. The summed E-state index contributed by atoms with van der Waals surface area (Å²) in [6.45, 7) is 0. The molecule has 0 unspecified atom stereocenters. The molecule has 0 amide bonds. The van der Waals surface area contributed by atoms with Crippen molar-refractivity contribution in [2.75, 3.05) is 0 Å². The molecule has 0 atom stereocenters. The highest BCUT2D eigenvalue weighted by atomic mass is 79.9. The topological polar surface area (TPSA) is 73.2 Å². The molecule has 0 saturated heterocycles. The molecule has 0 spiro atoms. The van der Waals surface area contributed by atoms with E-state index in [9.17, 15) is 0 Å². The molecular weight excluding hydrogens is 174 g/mol. The van der Waals surface area contributed by atoms with Crippen LogP contribution in [0.3, 0.4) is 0 Å². The van der Waals surface area contributed by atoms with Crippen molar-refractivity contribution in [3.8, 4) is 6.07 Å². The van der Waals surface area contributed by atoms with Crippen molar-refractivity contribution in [1.82, 2.24) is 0 Å². The van der Waals surface area contributed by atoms with Crippen molar-refractivity contribution >= 4 is 15.9 Å². The lowest BCUT2D eigenvalue weighted by Gasteiger charge is -1.93. The maximum atomic E-state index is 8.22. The van der Waals surface area contributed by atoms with Gasteiger partial charge >= 0.3 is 4.57 Å². The van der Waals surface area contributed by atoms with Gasteiger partial charge in [0.1, 0.15) is 6.07 Å². The maximum Gasteiger partial charge on any atom is 0.333 e. The van der Waals surface area contributed by atoms with Crippen molar-refractivity contribution in [2.24, 2.45) is 20.7 Å². The number of rotatable bonds is 0. The Kier molecular flexibility index (Phi) is 1.06. The Hall–Kier alpha value is -0.830. The van der Waals surface area contributed by atoms with Gasteiger partial charge in [0.05, 0.1) is 0 Å². The van der Waals surface area contributed by atoms with E-state index in [-0.39, 0.29) is 0 Å². The van der Waals surface area contributed by atoms with Gasteiger partial charge in [-0.1, -0.05) is 0 Å². The van der Waals surface area contributed by atoms with Crippen LogP contribution in [0.4, 0.5) is 0 Å². The van der Waals surface area contributed by atoms with E-state index in [2.05, 4.69) is 36.6 Å². The first-order valence-corrected chi connectivity index (χ1v) is 2.50. The SMILES string of the molecule is N#CC1(Br)N=NN=N1. The lowest BCUT2D eigenvalue weighted by molar-refractivity contribution is 0.823. The van der Waals surface area contributed by atoms with Crippen molar-refractivity contribution in [3.05, 3.63) is 0 Å². The zero-order valence-corrected chi connectivity index (χ0v) is 5.20. The quantitative estimate of drug-likeness (QED) is 0.403. The summed E-state index contributed by atoms with van der Waals surface area (Å²) in [7, 11) is 0. The minimum atomic E-state index is -1.23. The van der Waals surface area contributed by atoms with Gasteiger partial charge in [-0.15, -0.1) is 10.2 Å². The first-order chi connectivity index (χ1) is 3.77. The van der Waals surface area contributed by atoms with Crippen LogP contribution in [0.1, 0.15) is 0 Å². The predicted molar refractivity (Wildman–Crippen MR) is 27.0 cm³/mol. The predicted octanol–water partition coefficient (Wildman–Crippen LogP) is 1.39. The smallest absolute Gasteiger partial charge is 0.192 e. The van der Waals surface area contributed by atoms with Crippen molar-refractivity contribution in [2.45, 2.75) is 4.57 Å². The van der Waals surface area contributed by atoms with E-state index in [4.69, 9.17) is 5.26 Å². The lowest BCUT2D eigenvalue weighted by Crippen LogP contribution is -2.04. The second-order valence-electron chi connectivity index (χ2n) is 1.08. The molecule has 1 aliphatic rings. The third-order valence-electron chi connectivity index (χ3n) is 0.537. The summed E-state index contributed by atoms with van der Waals surface area (Å²) in [6.07, 6.45) is 0. The fourth-order valence-electron chi connectivity index (χ4n) is 0.223. The zero-order valence-electron chi connectivity index (χ0n) is 3.61. The zero-order chi connectivity index (χ0) is 6.04. The second-order valence-corrected chi connectivity index (χ2v) is 2.18. The van der Waals surface area contributed by atoms with Crippen LogP contribution in [0.25, 0.3) is 0 Å². The van der Waals surface area contributed by atoms with Crippen molar-refractivity contribution in [1.29, 1.82) is 5.26 Å². The standard InChI is InChI=1S/C2BrN5/c3-2(1-4)5-7-8-6-2. The number of hydrogen-bond donors (Lipinski definition) is 0. The van der Waals surface area contributed by atoms with Gasteiger partial charge in [-0.3, -0.25) is 0 Å². The monoisotopic (exact) mass is 173 g/mol. The van der Waals surface area contributed by atoms with Gasteiger partial charge in [0.2, 0.25) is 0 Å². The fraction of sp³-hybridized carbons (Fsp3) is 0.500. The van der Waals surface area contributed by atoms with Gasteiger partial charge < -0.3 is 0 Å². The van der Waals surface area contributed by atoms with E-state index in [1.54, 1.807) is 6.07 Å². The number of halogens is 1. The molecule has 0 aliphatic carbocycles. The number of alkyl halides is 1. The van der Waals surface area contributed by atoms with Gasteiger partial charge in [-0.25, -0.2) is 0 Å². The number of nitrogens with zero attached hydrogens (tertiary/aromatic N) is 5. The third-order valence-corrected chi connectivity index (χ3v) is 1.03. The molecule has 0 bridgehead atoms. The van der Waals surface area contributed by atoms with Crippen LogP contribution in [0.5, 0.6) is 0 Å². The van der Waals surface area contributed by atoms with Crippen molar-refractivity contribution < 1.29 is 0 Å². The average molecular weight is 174 g/mol. The second kappa shape index (κ2) is 1.59. The maximum absolute atomic E-state index is 8.22. The summed E-state index contributed by atoms with van der Waals surface area (Å²) >= 11 is 2.86. The van der Waals surface area contributed by atoms with E-state index >= 15 is 0 Å². The van der Waals surface area contributed by atoms with Gasteiger partial charge in [-0.2, -0.15) is 5.26 Å². The molecule has 6 heteroatoms. The molecule has 0 fully saturated rings. The first-order valence-electron chi connectivity index (χ1n) is 1.71. The summed E-state index contributed by atoms with van der Waals surface area (Å²) < 4.78 is -1.23. The number of hydrogen-bond acceptors (Lipinski definition) is 5. The van der Waals surface area contributed by atoms with Gasteiger partial charge in [0.15, 0.2) is 0 Å². The first kappa shape index (κ1) is 5.31. The van der Waals surface area contributed by atoms with E-state index < -0.39 is 4.57 Å². The minimum Gasteiger partial charge on any atom is -0.192 e. The molecule has 0 aromatic rings. The summed E-state index contributed by atoms with van der Waals surface area (Å²) in [5.74, 6) is 0. The molecule has 40 valence electrons. The molecule has 5 nitrogen and oxygen atoms in total. The lowest BCUT2D eigenvalue weighted by atomic mass is 10.6. The van der Waals surface area contributed by atoms with Gasteiger partial charge in [0.25, 0.3) is 0 Å². The molecular formula is C2BrN5. The number of nitriles is 1. The molecule has 1 heterocycles. The minimum absolute atomic E-state index is 1.23. The summed E-state index contributed by atoms with van der Waals surface area (Å²) in [6, 6.07) is 1.74. The van der Waals surface area contributed by atoms with Crippen LogP contribution in [0, 0.1) is 11.3 Å². The van der Waals surface area contributed by atoms with Crippen LogP contribution >= 0.6 is 15.9 Å². The summed E-state index contributed by atoms with van der Waals surface area (Å²) in [5.41, 5.74) is 0. The van der Waals surface area contributed by atoms with Crippen LogP contribution in [0.2, 0.25) is 0 Å². The molecule has 0 saturated carbocycles. The van der Waals surface area contributed by atoms with Gasteiger partial charge in [-0.05, 0) is 26.4 Å². The normalized spacial score (nSPS) is 21.0. The van der Waals surface area contributed by atoms with Crippen molar-refractivity contribution in [3.63, 3.8) is 0 Å². The van der Waals surface area contributed by atoms with Crippen LogP contribution in [0.15, 0.2) is 20.7 Å². The Bertz CT molecular complexity index is 175. The summed E-state index contributed by atoms with van der Waals surface area (Å²) in [5, 5.41) is 21.1. The Morgan fingerprint density at radius 1 is 1.38 bits per heavy atom. The Balaban J connectivity index is 2.89. The van der Waals surface area contributed by atoms with E-state index in [0.717, 1.165) is 0 Å². The molecule has 0 N–H and O–H groups in total. The molecule has 0 radical (unpaired) electrons. The molecule has 0 aromatic heterocycles. The highest BCUT2D eigenvalue weighted by Crippen LogP contribution is 2.25. The fourth-order valence-corrected chi connectivity index (χ4v) is 0.365. The Morgan fingerprint density at radius 3 is 2.12 bits per heavy atom. The van der Waals surface area contributed by atoms with Gasteiger partial charge in [0, 0.05) is 0 Å². The largest absolute Gasteiger partial charge is 0.333 e. The Morgan fingerprint density at radius 2 is 1.88 bits per heavy atom. The van der Waals surface area contributed by atoms with E-state index in [1.165, 1.54) is 0 Å². The van der Waals surface area contributed by atoms with E-state index in [0.29, 0.717) is 0 Å². The molecule has 1 aliphatic heterocycles. The highest BCUT2D eigenvalue weighted by Gasteiger charge is 2.28. The van der Waals surface area contributed by atoms with E-state index in [1.807, 2.05) is 0 Å². The summed E-state index contributed by atoms with van der Waals surface area (Å²) in [4.78, 5) is 0. The highest BCUT2D eigenvalue weighted by molar-refractivity contribution is 9.10. The molecule has 1 rings (SSSR count). The van der Waals surface area contributed by atoms with Crippen LogP contribution in [-0.2, 0) is 0 Å². The van der Waals surface area contributed by atoms with Crippen LogP contribution < -0.4 is 0 Å². The van der Waals surface area contributed by atoms with Crippen LogP contribution in [-0.4, -0.2) is 4.57 Å². The third kappa shape index (κ3) is 0.721. The molecule has 0 aromatic carbocycles. The molecule has 8 heavy (non-hydrogen) atoms. The Labute approximate surface area is 53.2 Å².